The molecule has 1 saturated heterocycles. The number of hydrogen-bond donors (Lipinski definition) is 1. The topological polar surface area (TPSA) is 115 Å². The highest BCUT2D eigenvalue weighted by molar-refractivity contribution is 5.94. The molecule has 1 aromatic carbocycles. The van der Waals surface area contributed by atoms with E-state index >= 15 is 0 Å². The molecule has 0 spiro atoms. The number of anilines is 2. The number of nitrogens with zero attached hydrogens (tertiary/aromatic N) is 6. The second kappa shape index (κ2) is 10.4. The summed E-state index contributed by atoms with van der Waals surface area (Å²) in [7, 11) is 1.33. The minimum absolute atomic E-state index is 0.0257. The highest BCUT2D eigenvalue weighted by atomic mass is 19.1. The Hall–Kier alpha value is -4.48. The Morgan fingerprint density at radius 3 is 2.59 bits per heavy atom. The maximum absolute atomic E-state index is 14.9. The fourth-order valence-corrected chi connectivity index (χ4v) is 4.88. The first kappa shape index (κ1) is 26.1. The maximum atomic E-state index is 14.9. The average molecular weight is 536 g/mol. The van der Waals surface area contributed by atoms with Crippen LogP contribution < -0.4 is 5.32 Å². The van der Waals surface area contributed by atoms with Crippen LogP contribution >= 0.6 is 0 Å². The van der Waals surface area contributed by atoms with Crippen molar-refractivity contribution >= 4 is 34.7 Å². The number of methoxy groups -OCH3 is 1. The van der Waals surface area contributed by atoms with E-state index in [1.54, 1.807) is 30.0 Å². The molecule has 0 saturated carbocycles. The molecule has 10 nitrogen and oxygen atoms in total. The summed E-state index contributed by atoms with van der Waals surface area (Å²) in [5.74, 6) is -1.16. The van der Waals surface area contributed by atoms with Crippen molar-refractivity contribution < 1.29 is 23.1 Å². The summed E-state index contributed by atoms with van der Waals surface area (Å²) in [6, 6.07) is 6.05. The second-order valence-corrected chi connectivity index (χ2v) is 9.66. The van der Waals surface area contributed by atoms with Crippen molar-refractivity contribution in [3.8, 4) is 11.3 Å². The zero-order chi connectivity index (χ0) is 27.8. The SMILES string of the molecule is COC(=O)[C@@H]1CCN(C(=O)c2ccc(Nc3ncc(F)c(-c4cc(F)c5nc(C)n(C(C)C)c5c4)n3)nc2)C1. The van der Waals surface area contributed by atoms with Gasteiger partial charge < -0.3 is 19.5 Å². The number of hydrogen-bond acceptors (Lipinski definition) is 8. The number of imidazole rings is 1. The van der Waals surface area contributed by atoms with Gasteiger partial charge in [-0.3, -0.25) is 9.59 Å². The van der Waals surface area contributed by atoms with Gasteiger partial charge in [-0.2, -0.15) is 0 Å². The fraction of sp³-hybridized carbons (Fsp3) is 0.333. The fourth-order valence-electron chi connectivity index (χ4n) is 4.88. The van der Waals surface area contributed by atoms with Gasteiger partial charge in [-0.1, -0.05) is 0 Å². The molecule has 39 heavy (non-hydrogen) atoms. The smallest absolute Gasteiger partial charge is 0.310 e. The number of pyridine rings is 1. The van der Waals surface area contributed by atoms with Crippen LogP contribution in [0.3, 0.4) is 0 Å². The van der Waals surface area contributed by atoms with Crippen molar-refractivity contribution in [3.05, 3.63) is 59.7 Å². The second-order valence-electron chi connectivity index (χ2n) is 9.66. The molecule has 1 aliphatic heterocycles. The van der Waals surface area contributed by atoms with Gasteiger partial charge in [0.05, 0.1) is 30.3 Å². The Labute approximate surface area is 223 Å². The molecule has 1 N–H and O–H groups in total. The minimum Gasteiger partial charge on any atom is -0.469 e. The largest absolute Gasteiger partial charge is 0.469 e. The number of aromatic nitrogens is 5. The van der Waals surface area contributed by atoms with Crippen LogP contribution in [-0.4, -0.2) is 61.5 Å². The van der Waals surface area contributed by atoms with E-state index in [1.165, 1.54) is 19.4 Å². The number of nitrogens with one attached hydrogen (secondary N) is 1. The van der Waals surface area contributed by atoms with E-state index < -0.39 is 11.6 Å². The predicted molar refractivity (Wildman–Crippen MR) is 139 cm³/mol. The number of esters is 1. The molecular weight excluding hydrogens is 508 g/mol. The zero-order valence-electron chi connectivity index (χ0n) is 21.9. The summed E-state index contributed by atoms with van der Waals surface area (Å²) in [6.45, 7) is 6.46. The third kappa shape index (κ3) is 5.01. The van der Waals surface area contributed by atoms with Crippen molar-refractivity contribution in [2.75, 3.05) is 25.5 Å². The molecule has 12 heteroatoms. The monoisotopic (exact) mass is 535 g/mol. The molecule has 202 valence electrons. The first-order valence-corrected chi connectivity index (χ1v) is 12.5. The molecule has 0 aliphatic carbocycles. The Morgan fingerprint density at radius 1 is 1.10 bits per heavy atom. The number of carbonyl (C=O) groups is 2. The van der Waals surface area contributed by atoms with Gasteiger partial charge in [0.15, 0.2) is 11.6 Å². The van der Waals surface area contributed by atoms with Crippen LogP contribution in [-0.2, 0) is 9.53 Å². The van der Waals surface area contributed by atoms with Crippen LogP contribution in [0.15, 0.2) is 36.7 Å². The van der Waals surface area contributed by atoms with Crippen molar-refractivity contribution in [3.63, 3.8) is 0 Å². The molecule has 3 aromatic heterocycles. The lowest BCUT2D eigenvalue weighted by molar-refractivity contribution is -0.144. The molecule has 0 bridgehead atoms. The number of amides is 1. The van der Waals surface area contributed by atoms with E-state index in [-0.39, 0.29) is 46.6 Å². The lowest BCUT2D eigenvalue weighted by atomic mass is 10.1. The molecule has 1 amide bonds. The normalized spacial score (nSPS) is 15.3. The standard InChI is InChI=1S/C27H27F2N7O3/c1-14(2)36-15(3)32-24-19(28)9-18(10-21(24)36)23-20(29)12-31-27(34-23)33-22-6-5-16(11-30-22)25(37)35-8-7-17(13-35)26(38)39-4/h5-6,9-12,14,17H,7-8,13H2,1-4H3,(H,30,31,33,34)/t17-/m1/s1. The van der Waals surface area contributed by atoms with Gasteiger partial charge in [-0.25, -0.2) is 28.7 Å². The van der Waals surface area contributed by atoms with Gasteiger partial charge in [-0.05, 0) is 51.5 Å². The Morgan fingerprint density at radius 2 is 1.90 bits per heavy atom. The number of ether oxygens (including phenoxy) is 1. The zero-order valence-corrected chi connectivity index (χ0v) is 21.9. The number of fused-ring (bicyclic) bond motifs is 1. The van der Waals surface area contributed by atoms with Crippen LogP contribution in [0.5, 0.6) is 0 Å². The molecular formula is C27H27F2N7O3. The number of benzene rings is 1. The van der Waals surface area contributed by atoms with Gasteiger partial charge in [0.25, 0.3) is 5.91 Å². The highest BCUT2D eigenvalue weighted by Crippen LogP contribution is 2.30. The lowest BCUT2D eigenvalue weighted by Crippen LogP contribution is -2.30. The summed E-state index contributed by atoms with van der Waals surface area (Å²) in [4.78, 5) is 43.0. The van der Waals surface area contributed by atoms with Crippen LogP contribution in [0.25, 0.3) is 22.3 Å². The number of carbonyl (C=O) groups excluding carboxylic acids is 2. The molecule has 0 unspecified atom stereocenters. The number of aryl methyl sites for hydroxylation is 1. The molecule has 0 radical (unpaired) electrons. The Bertz CT molecular complexity index is 1570. The van der Waals surface area contributed by atoms with Crippen LogP contribution in [0.1, 0.15) is 42.5 Å². The Kier molecular flexibility index (Phi) is 6.94. The summed E-state index contributed by atoms with van der Waals surface area (Å²) in [6.07, 6.45) is 2.95. The first-order valence-electron chi connectivity index (χ1n) is 12.5. The van der Waals surface area contributed by atoms with E-state index in [4.69, 9.17) is 4.74 Å². The van der Waals surface area contributed by atoms with Crippen molar-refractivity contribution in [1.29, 1.82) is 0 Å². The number of rotatable bonds is 6. The molecule has 4 aromatic rings. The maximum Gasteiger partial charge on any atom is 0.310 e. The third-order valence-corrected chi connectivity index (χ3v) is 6.72. The summed E-state index contributed by atoms with van der Waals surface area (Å²) in [5, 5.41) is 2.89. The summed E-state index contributed by atoms with van der Waals surface area (Å²) in [5.41, 5.74) is 1.28. The van der Waals surface area contributed by atoms with E-state index in [0.29, 0.717) is 42.2 Å². The van der Waals surface area contributed by atoms with Crippen molar-refractivity contribution in [2.45, 2.75) is 33.2 Å². The number of likely N-dealkylation sites (tertiary alicyclic amines) is 1. The molecule has 5 rings (SSSR count). The average Bonchev–Trinajstić information content (AvgIpc) is 3.54. The van der Waals surface area contributed by atoms with Gasteiger partial charge in [0.2, 0.25) is 5.95 Å². The predicted octanol–water partition coefficient (Wildman–Crippen LogP) is 4.43. The lowest BCUT2D eigenvalue weighted by Gasteiger charge is -2.16. The van der Waals surface area contributed by atoms with Crippen molar-refractivity contribution in [1.82, 2.24) is 29.4 Å². The molecule has 1 atom stereocenters. The van der Waals surface area contributed by atoms with Gasteiger partial charge >= 0.3 is 5.97 Å². The van der Waals surface area contributed by atoms with Gasteiger partial charge in [0.1, 0.15) is 22.9 Å². The summed E-state index contributed by atoms with van der Waals surface area (Å²) < 4.78 is 36.4. The van der Waals surface area contributed by atoms with Crippen LogP contribution in [0.4, 0.5) is 20.5 Å². The number of halogens is 2. The third-order valence-electron chi connectivity index (χ3n) is 6.72. The highest BCUT2D eigenvalue weighted by Gasteiger charge is 2.32. The van der Waals surface area contributed by atoms with Gasteiger partial charge in [-0.15, -0.1) is 0 Å². The van der Waals surface area contributed by atoms with E-state index in [0.717, 1.165) is 6.20 Å². The van der Waals surface area contributed by atoms with E-state index in [2.05, 4.69) is 25.3 Å². The van der Waals surface area contributed by atoms with Gasteiger partial charge in [0, 0.05) is 30.9 Å². The molecule has 1 fully saturated rings. The van der Waals surface area contributed by atoms with E-state index in [9.17, 15) is 18.4 Å². The Balaban J connectivity index is 1.36. The van der Waals surface area contributed by atoms with Crippen LogP contribution in [0, 0.1) is 24.5 Å². The molecule has 1 aliphatic rings. The van der Waals surface area contributed by atoms with Crippen molar-refractivity contribution in [2.24, 2.45) is 5.92 Å². The minimum atomic E-state index is -0.712. The molecule has 4 heterocycles. The first-order chi connectivity index (χ1) is 18.7. The quantitative estimate of drug-likeness (QED) is 0.361. The summed E-state index contributed by atoms with van der Waals surface area (Å²) >= 11 is 0. The van der Waals surface area contributed by atoms with E-state index in [1.807, 2.05) is 18.4 Å². The van der Waals surface area contributed by atoms with Crippen LogP contribution in [0.2, 0.25) is 0 Å².